The van der Waals surface area contributed by atoms with Gasteiger partial charge in [-0.1, -0.05) is 182 Å². The summed E-state index contributed by atoms with van der Waals surface area (Å²) < 4.78 is 14.1. The van der Waals surface area contributed by atoms with Gasteiger partial charge in [-0.2, -0.15) is 0 Å². The van der Waals surface area contributed by atoms with Gasteiger partial charge in [0.15, 0.2) is 0 Å². The van der Waals surface area contributed by atoms with Crippen LogP contribution in [-0.4, -0.2) is 0 Å². The van der Waals surface area contributed by atoms with Gasteiger partial charge in [-0.3, -0.25) is 0 Å². The lowest BCUT2D eigenvalue weighted by atomic mass is 9.66. The van der Waals surface area contributed by atoms with Gasteiger partial charge in [0.2, 0.25) is 0 Å². The molecule has 0 radical (unpaired) electrons. The number of furan rings is 1. The summed E-state index contributed by atoms with van der Waals surface area (Å²) in [4.78, 5) is 2.39. The minimum absolute atomic E-state index is 0.566. The van der Waals surface area contributed by atoms with E-state index in [0.717, 1.165) is 83.7 Å². The van der Waals surface area contributed by atoms with Crippen LogP contribution in [0.4, 0.5) is 17.1 Å². The first kappa shape index (κ1) is 36.8. The fourth-order valence-corrected chi connectivity index (χ4v) is 11.3. The molecule has 1 aliphatic carbocycles. The van der Waals surface area contributed by atoms with E-state index in [0.29, 0.717) is 0 Å². The minimum atomic E-state index is -0.566. The maximum atomic E-state index is 7.11. The Hall–Kier alpha value is -8.66. The van der Waals surface area contributed by atoms with Gasteiger partial charge < -0.3 is 14.1 Å². The van der Waals surface area contributed by atoms with Gasteiger partial charge in [-0.05, 0) is 109 Å². The largest absolute Gasteiger partial charge is 0.457 e. The van der Waals surface area contributed by atoms with Crippen LogP contribution in [0.25, 0.3) is 76.9 Å². The van der Waals surface area contributed by atoms with Crippen molar-refractivity contribution in [3.8, 4) is 44.9 Å². The summed E-state index contributed by atoms with van der Waals surface area (Å²) in [5.74, 6) is 1.69. The summed E-state index contributed by atoms with van der Waals surface area (Å²) in [6, 6.07) is 85.6. The molecule has 0 fully saturated rings. The van der Waals surface area contributed by atoms with Crippen molar-refractivity contribution in [2.45, 2.75) is 5.41 Å². The van der Waals surface area contributed by atoms with Crippen LogP contribution in [0.5, 0.6) is 11.5 Å². The zero-order valence-corrected chi connectivity index (χ0v) is 35.8. The lowest BCUT2D eigenvalue weighted by Gasteiger charge is -2.40. The van der Waals surface area contributed by atoms with Crippen LogP contribution in [0.2, 0.25) is 0 Å². The van der Waals surface area contributed by atoms with E-state index in [4.69, 9.17) is 9.15 Å². The van der Waals surface area contributed by atoms with Crippen LogP contribution in [0.15, 0.2) is 241 Å². The van der Waals surface area contributed by atoms with Gasteiger partial charge in [-0.15, -0.1) is 0 Å². The predicted molar refractivity (Wildman–Crippen MR) is 272 cm³/mol. The molecule has 2 aliphatic rings. The molecule has 3 heteroatoms. The number of anilines is 3. The molecule has 0 N–H and O–H groups in total. The van der Waals surface area contributed by atoms with Crippen LogP contribution in [-0.2, 0) is 5.41 Å². The maximum Gasteiger partial charge on any atom is 0.145 e. The van der Waals surface area contributed by atoms with Crippen molar-refractivity contribution in [3.05, 3.63) is 259 Å². The summed E-state index contributed by atoms with van der Waals surface area (Å²) in [7, 11) is 0. The van der Waals surface area contributed by atoms with Gasteiger partial charge in [0, 0.05) is 44.9 Å². The van der Waals surface area contributed by atoms with Crippen molar-refractivity contribution in [2.75, 3.05) is 4.90 Å². The molecule has 14 rings (SSSR count). The number of rotatable bonds is 5. The minimum Gasteiger partial charge on any atom is -0.457 e. The zero-order chi connectivity index (χ0) is 43.3. The number of para-hydroxylation sites is 2. The molecule has 1 aliphatic heterocycles. The highest BCUT2D eigenvalue weighted by Gasteiger charge is 2.51. The molecule has 0 atom stereocenters. The van der Waals surface area contributed by atoms with E-state index in [2.05, 4.69) is 235 Å². The smallest absolute Gasteiger partial charge is 0.145 e. The van der Waals surface area contributed by atoms with Gasteiger partial charge in [0.05, 0.1) is 11.1 Å². The summed E-state index contributed by atoms with van der Waals surface area (Å²) in [6.07, 6.45) is 0. The van der Waals surface area contributed by atoms with Crippen molar-refractivity contribution < 1.29 is 9.15 Å². The molecule has 1 aromatic heterocycles. The molecule has 0 unspecified atom stereocenters. The highest BCUT2D eigenvalue weighted by molar-refractivity contribution is 6.16. The van der Waals surface area contributed by atoms with E-state index in [1.165, 1.54) is 44.0 Å². The lowest BCUT2D eigenvalue weighted by molar-refractivity contribution is 0.436. The Morgan fingerprint density at radius 2 is 0.955 bits per heavy atom. The van der Waals surface area contributed by atoms with Crippen molar-refractivity contribution in [1.29, 1.82) is 0 Å². The Labute approximate surface area is 382 Å². The van der Waals surface area contributed by atoms with Crippen molar-refractivity contribution in [2.24, 2.45) is 0 Å². The first-order chi connectivity index (χ1) is 32.7. The van der Waals surface area contributed by atoms with Crippen LogP contribution in [0.3, 0.4) is 0 Å². The van der Waals surface area contributed by atoms with E-state index in [1.54, 1.807) is 0 Å². The normalized spacial score (nSPS) is 13.1. The average Bonchev–Trinajstić information content (AvgIpc) is 3.90. The molecule has 0 amide bonds. The molecule has 2 heterocycles. The quantitative estimate of drug-likeness (QED) is 0.173. The fourth-order valence-electron chi connectivity index (χ4n) is 11.3. The van der Waals surface area contributed by atoms with Crippen LogP contribution < -0.4 is 9.64 Å². The Bertz CT molecular complexity index is 3880. The fraction of sp³-hybridized carbons (Fsp3) is 0.0159. The first-order valence-electron chi connectivity index (χ1n) is 22.7. The van der Waals surface area contributed by atoms with E-state index in [-0.39, 0.29) is 0 Å². The number of ether oxygens (including phenoxy) is 1. The second-order valence-corrected chi connectivity index (χ2v) is 17.5. The van der Waals surface area contributed by atoms with Crippen LogP contribution in [0, 0.1) is 0 Å². The number of hydrogen-bond donors (Lipinski definition) is 0. The predicted octanol–water partition coefficient (Wildman–Crippen LogP) is 17.2. The highest BCUT2D eigenvalue weighted by atomic mass is 16.5. The third kappa shape index (κ3) is 5.26. The molecule has 0 saturated carbocycles. The van der Waals surface area contributed by atoms with Crippen molar-refractivity contribution in [1.82, 2.24) is 0 Å². The molecule has 11 aromatic carbocycles. The summed E-state index contributed by atoms with van der Waals surface area (Å²) in [6.45, 7) is 0. The average molecular weight is 842 g/mol. The number of benzene rings is 11. The molecular weight excluding hydrogens is 803 g/mol. The lowest BCUT2D eigenvalue weighted by Crippen LogP contribution is -2.32. The van der Waals surface area contributed by atoms with Gasteiger partial charge in [0.1, 0.15) is 22.7 Å². The van der Waals surface area contributed by atoms with Crippen LogP contribution in [0.1, 0.15) is 22.3 Å². The maximum absolute atomic E-state index is 7.11. The Morgan fingerprint density at radius 3 is 1.77 bits per heavy atom. The summed E-state index contributed by atoms with van der Waals surface area (Å²) >= 11 is 0. The SMILES string of the molecule is c1ccc2c(c1)Oc1cc(N(c3ccc(-c4ccc5ccccc5c4)cc3)c3ccc4c(oc5ccccc54)c3-c3cccc4ccccc34)ccc1C21c2ccccc2-c2ccccc21. The molecular formula is C63H39NO2. The van der Waals surface area contributed by atoms with E-state index < -0.39 is 5.41 Å². The monoisotopic (exact) mass is 841 g/mol. The van der Waals surface area contributed by atoms with Gasteiger partial charge in [-0.25, -0.2) is 0 Å². The summed E-state index contributed by atoms with van der Waals surface area (Å²) in [5, 5.41) is 6.95. The molecule has 0 bridgehead atoms. The standard InChI is InChI=1S/C63H39NO2/c1-2-16-43-38-44(29-28-40(43)14-1)41-30-32-45(33-31-41)64(57-37-35-52-50-21-7-11-26-58(50)66-62(52)61(57)51-22-13-17-42-15-3-4-18-47(42)51)46-34-36-56-60(39-46)65-59-27-12-10-25-55(59)63(56)53-23-8-5-19-48(53)49-20-6-9-24-54(49)63/h1-39H. The van der Waals surface area contributed by atoms with Crippen molar-refractivity contribution >= 4 is 60.5 Å². The van der Waals surface area contributed by atoms with Crippen LogP contribution >= 0.6 is 0 Å². The summed E-state index contributed by atoms with van der Waals surface area (Å²) in [5.41, 5.74) is 15.9. The number of fused-ring (bicyclic) bond motifs is 14. The molecule has 308 valence electrons. The Morgan fingerprint density at radius 1 is 0.348 bits per heavy atom. The Kier molecular flexibility index (Phi) is 7.90. The highest BCUT2D eigenvalue weighted by Crippen LogP contribution is 2.62. The second-order valence-electron chi connectivity index (χ2n) is 17.5. The van der Waals surface area contributed by atoms with E-state index in [9.17, 15) is 0 Å². The first-order valence-corrected chi connectivity index (χ1v) is 22.7. The van der Waals surface area contributed by atoms with E-state index >= 15 is 0 Å². The van der Waals surface area contributed by atoms with E-state index in [1.807, 2.05) is 6.07 Å². The molecule has 66 heavy (non-hydrogen) atoms. The number of nitrogens with zero attached hydrogens (tertiary/aromatic N) is 1. The molecule has 12 aromatic rings. The molecule has 1 spiro atoms. The van der Waals surface area contributed by atoms with Gasteiger partial charge in [0.25, 0.3) is 0 Å². The third-order valence-corrected chi connectivity index (χ3v) is 14.1. The molecule has 3 nitrogen and oxygen atoms in total. The Balaban J connectivity index is 1.04. The topological polar surface area (TPSA) is 25.6 Å². The van der Waals surface area contributed by atoms with Gasteiger partial charge >= 0.3 is 0 Å². The van der Waals surface area contributed by atoms with Crippen molar-refractivity contribution in [3.63, 3.8) is 0 Å². The number of hydrogen-bond acceptors (Lipinski definition) is 3. The zero-order valence-electron chi connectivity index (χ0n) is 35.8. The molecule has 0 saturated heterocycles. The third-order valence-electron chi connectivity index (χ3n) is 14.1. The second kappa shape index (κ2) is 14.2.